The van der Waals surface area contributed by atoms with E-state index in [9.17, 15) is 9.90 Å². The summed E-state index contributed by atoms with van der Waals surface area (Å²) in [5.74, 6) is 2.63. The van der Waals surface area contributed by atoms with Crippen molar-refractivity contribution in [3.05, 3.63) is 23.5 Å². The number of rotatable bonds is 5. The van der Waals surface area contributed by atoms with Crippen LogP contribution in [0.1, 0.15) is 43.2 Å². The summed E-state index contributed by atoms with van der Waals surface area (Å²) in [5.41, 5.74) is 2.09. The van der Waals surface area contributed by atoms with E-state index >= 15 is 0 Å². The number of aromatic nitrogens is 4. The normalized spacial score (nSPS) is 20.2. The van der Waals surface area contributed by atoms with Crippen LogP contribution < -0.4 is 4.74 Å². The summed E-state index contributed by atoms with van der Waals surface area (Å²) in [6.07, 6.45) is 7.43. The van der Waals surface area contributed by atoms with Gasteiger partial charge in [0.1, 0.15) is 17.1 Å². The van der Waals surface area contributed by atoms with E-state index in [1.54, 1.807) is 13.1 Å². The molecule has 2 heterocycles. The summed E-state index contributed by atoms with van der Waals surface area (Å²) in [6, 6.07) is 3.58. The van der Waals surface area contributed by atoms with Crippen molar-refractivity contribution >= 4 is 5.97 Å². The number of hydrogen-bond acceptors (Lipinski definition) is 7. The molecular weight excluding hydrogens is 360 g/mol. The largest absolute Gasteiger partial charge is 0.489 e. The Morgan fingerprint density at radius 2 is 2.21 bits per heavy atom. The molecule has 0 spiro atoms. The lowest BCUT2D eigenvalue weighted by Crippen LogP contribution is -2.30. The van der Waals surface area contributed by atoms with Gasteiger partial charge < -0.3 is 14.6 Å². The number of carbonyl (C=O) groups excluding carboxylic acids is 1. The zero-order chi connectivity index (χ0) is 20.3. The van der Waals surface area contributed by atoms with E-state index in [2.05, 4.69) is 21.2 Å². The van der Waals surface area contributed by atoms with Gasteiger partial charge in [0.25, 0.3) is 0 Å². The maximum absolute atomic E-state index is 11.8. The van der Waals surface area contributed by atoms with Crippen LogP contribution in [0.15, 0.2) is 12.1 Å². The van der Waals surface area contributed by atoms with E-state index in [0.717, 1.165) is 19.3 Å². The van der Waals surface area contributed by atoms with Crippen LogP contribution in [-0.2, 0) is 16.6 Å². The van der Waals surface area contributed by atoms with Gasteiger partial charge in [-0.3, -0.25) is 4.79 Å². The maximum Gasteiger partial charge on any atom is 0.308 e. The van der Waals surface area contributed by atoms with Crippen molar-refractivity contribution in [1.82, 2.24) is 20.0 Å². The molecule has 1 fully saturated rings. The third-order valence-electron chi connectivity index (χ3n) is 5.02. The number of nitrogens with zero attached hydrogens (tertiary/aromatic N) is 4. The second-order valence-electron chi connectivity index (χ2n) is 6.92. The van der Waals surface area contributed by atoms with E-state index in [4.69, 9.17) is 15.9 Å². The molecule has 3 atom stereocenters. The Labute approximate surface area is 163 Å². The van der Waals surface area contributed by atoms with Gasteiger partial charge in [-0.05, 0) is 44.7 Å². The molecule has 0 aliphatic heterocycles. The highest BCUT2D eigenvalue weighted by Crippen LogP contribution is 2.31. The lowest BCUT2D eigenvalue weighted by molar-refractivity contribution is -0.147. The second kappa shape index (κ2) is 8.40. The molecule has 1 aliphatic rings. The number of aryl methyl sites for hydroxylation is 2. The van der Waals surface area contributed by atoms with Crippen LogP contribution in [-0.4, -0.2) is 44.3 Å². The fraction of sp³-hybridized carbons (Fsp3) is 0.500. The number of esters is 1. The molecule has 148 valence electrons. The van der Waals surface area contributed by atoms with Gasteiger partial charge in [0.2, 0.25) is 0 Å². The summed E-state index contributed by atoms with van der Waals surface area (Å²) in [7, 11) is 3.08. The van der Waals surface area contributed by atoms with Gasteiger partial charge in [-0.2, -0.15) is 0 Å². The number of hydrogen-bond donors (Lipinski definition) is 1. The van der Waals surface area contributed by atoms with Gasteiger partial charge in [-0.1, -0.05) is 11.1 Å². The van der Waals surface area contributed by atoms with Crippen molar-refractivity contribution in [2.45, 2.75) is 44.8 Å². The number of aliphatic hydroxyl groups excluding tert-OH is 1. The SMILES string of the molecule is C#CC(O)c1c(-c2ccc(O[C@H]3CCC[C@H](C(=O)OC)C3)c(C)n2)nnn1C. The van der Waals surface area contributed by atoms with Crippen molar-refractivity contribution in [3.8, 4) is 29.5 Å². The van der Waals surface area contributed by atoms with Crippen molar-refractivity contribution in [2.75, 3.05) is 7.11 Å². The average molecular weight is 384 g/mol. The molecule has 3 rings (SSSR count). The van der Waals surface area contributed by atoms with E-state index in [0.29, 0.717) is 34.9 Å². The molecule has 28 heavy (non-hydrogen) atoms. The van der Waals surface area contributed by atoms with Crippen LogP contribution in [0.3, 0.4) is 0 Å². The fourth-order valence-corrected chi connectivity index (χ4v) is 3.55. The van der Waals surface area contributed by atoms with Gasteiger partial charge in [0.05, 0.1) is 30.5 Å². The molecule has 0 aromatic carbocycles. The highest BCUT2D eigenvalue weighted by atomic mass is 16.5. The predicted molar refractivity (Wildman–Crippen MR) is 101 cm³/mol. The molecule has 1 N–H and O–H groups in total. The predicted octanol–water partition coefficient (Wildman–Crippen LogP) is 1.96. The van der Waals surface area contributed by atoms with Crippen LogP contribution in [0.5, 0.6) is 5.75 Å². The van der Waals surface area contributed by atoms with Crippen molar-refractivity contribution in [3.63, 3.8) is 0 Å². The fourth-order valence-electron chi connectivity index (χ4n) is 3.55. The Balaban J connectivity index is 1.79. The quantitative estimate of drug-likeness (QED) is 0.621. The Bertz CT molecular complexity index is 902. The maximum atomic E-state index is 11.8. The average Bonchev–Trinajstić information content (AvgIpc) is 3.10. The Hall–Kier alpha value is -2.92. The van der Waals surface area contributed by atoms with Crippen molar-refractivity contribution in [2.24, 2.45) is 13.0 Å². The highest BCUT2D eigenvalue weighted by molar-refractivity contribution is 5.72. The lowest BCUT2D eigenvalue weighted by atomic mass is 9.87. The van der Waals surface area contributed by atoms with E-state index in [1.807, 2.05) is 13.0 Å². The summed E-state index contributed by atoms with van der Waals surface area (Å²) in [5, 5.41) is 18.1. The minimum Gasteiger partial charge on any atom is -0.489 e. The van der Waals surface area contributed by atoms with Crippen LogP contribution in [0.2, 0.25) is 0 Å². The Morgan fingerprint density at radius 3 is 2.89 bits per heavy atom. The number of ether oxygens (including phenoxy) is 2. The summed E-state index contributed by atoms with van der Waals surface area (Å²) >= 11 is 0. The number of carbonyl (C=O) groups is 1. The van der Waals surface area contributed by atoms with E-state index in [-0.39, 0.29) is 18.0 Å². The van der Waals surface area contributed by atoms with Crippen LogP contribution in [0.25, 0.3) is 11.4 Å². The standard InChI is InChI=1S/C20H24N4O4/c1-5-16(25)19-18(22-23-24(19)3)15-9-10-17(12(2)21-15)28-14-8-6-7-13(11-14)20(26)27-4/h1,9-10,13-14,16,25H,6-8,11H2,2-4H3/t13-,14-,16?/m0/s1. The number of aliphatic hydroxyl groups is 1. The van der Waals surface area contributed by atoms with Gasteiger partial charge >= 0.3 is 5.97 Å². The summed E-state index contributed by atoms with van der Waals surface area (Å²) in [6.45, 7) is 1.84. The van der Waals surface area contributed by atoms with Gasteiger partial charge in [-0.15, -0.1) is 11.5 Å². The van der Waals surface area contributed by atoms with Gasteiger partial charge in [0.15, 0.2) is 6.10 Å². The van der Waals surface area contributed by atoms with Gasteiger partial charge in [0, 0.05) is 7.05 Å². The van der Waals surface area contributed by atoms with Gasteiger partial charge in [-0.25, -0.2) is 9.67 Å². The van der Waals surface area contributed by atoms with E-state index < -0.39 is 6.10 Å². The highest BCUT2D eigenvalue weighted by Gasteiger charge is 2.29. The summed E-state index contributed by atoms with van der Waals surface area (Å²) < 4.78 is 12.4. The summed E-state index contributed by atoms with van der Waals surface area (Å²) in [4.78, 5) is 16.4. The van der Waals surface area contributed by atoms with Crippen LogP contribution in [0, 0.1) is 25.2 Å². The first kappa shape index (κ1) is 19.8. The number of pyridine rings is 1. The lowest BCUT2D eigenvalue weighted by Gasteiger charge is -2.28. The number of terminal acetylenes is 1. The molecule has 0 radical (unpaired) electrons. The smallest absolute Gasteiger partial charge is 0.308 e. The zero-order valence-electron chi connectivity index (χ0n) is 16.3. The Kier molecular flexibility index (Phi) is 5.95. The molecule has 8 heteroatoms. The zero-order valence-corrected chi connectivity index (χ0v) is 16.3. The third-order valence-corrected chi connectivity index (χ3v) is 5.02. The first-order valence-corrected chi connectivity index (χ1v) is 9.20. The molecule has 0 amide bonds. The minimum absolute atomic E-state index is 0.0560. The first-order chi connectivity index (χ1) is 13.4. The molecular formula is C20H24N4O4. The van der Waals surface area contributed by atoms with E-state index in [1.165, 1.54) is 11.8 Å². The van der Waals surface area contributed by atoms with Crippen molar-refractivity contribution in [1.29, 1.82) is 0 Å². The molecule has 1 saturated carbocycles. The van der Waals surface area contributed by atoms with Crippen molar-refractivity contribution < 1.29 is 19.4 Å². The molecule has 1 aliphatic carbocycles. The van der Waals surface area contributed by atoms with Crippen LogP contribution >= 0.6 is 0 Å². The Morgan fingerprint density at radius 1 is 1.43 bits per heavy atom. The van der Waals surface area contributed by atoms with Crippen LogP contribution in [0.4, 0.5) is 0 Å². The molecule has 0 saturated heterocycles. The molecule has 8 nitrogen and oxygen atoms in total. The topological polar surface area (TPSA) is 99.4 Å². The first-order valence-electron chi connectivity index (χ1n) is 9.20. The molecule has 2 aromatic heterocycles. The number of methoxy groups -OCH3 is 1. The third kappa shape index (κ3) is 3.99. The minimum atomic E-state index is -1.12. The second-order valence-corrected chi connectivity index (χ2v) is 6.92. The molecule has 0 bridgehead atoms. The molecule has 2 aromatic rings. The molecule has 1 unspecified atom stereocenters. The monoisotopic (exact) mass is 384 g/mol.